The quantitative estimate of drug-likeness (QED) is 0.882. The number of hydrogen-bond donors (Lipinski definition) is 2. The Labute approximate surface area is 127 Å². The molecule has 1 atom stereocenters. The van der Waals surface area contributed by atoms with E-state index in [0.717, 1.165) is 0 Å². The Morgan fingerprint density at radius 2 is 2.29 bits per heavy atom. The highest BCUT2D eigenvalue weighted by Crippen LogP contribution is 2.22. The normalized spacial score (nSPS) is 12.8. The van der Waals surface area contributed by atoms with Gasteiger partial charge in [-0.1, -0.05) is 18.5 Å². The third-order valence-corrected chi connectivity index (χ3v) is 4.71. The maximum Gasteiger partial charge on any atom is 0.241 e. The van der Waals surface area contributed by atoms with E-state index in [-0.39, 0.29) is 15.5 Å². The highest BCUT2D eigenvalue weighted by molar-refractivity contribution is 7.89. The van der Waals surface area contributed by atoms with Gasteiger partial charge in [-0.15, -0.1) is 0 Å². The van der Waals surface area contributed by atoms with Gasteiger partial charge in [-0.2, -0.15) is 5.26 Å². The van der Waals surface area contributed by atoms with E-state index in [9.17, 15) is 8.42 Å². The predicted molar refractivity (Wildman–Crippen MR) is 78.1 cm³/mol. The van der Waals surface area contributed by atoms with Crippen LogP contribution in [-0.2, 0) is 10.0 Å². The summed E-state index contributed by atoms with van der Waals surface area (Å²) < 4.78 is 27.3. The summed E-state index contributed by atoms with van der Waals surface area (Å²) in [4.78, 5) is 6.95. The SMILES string of the molecule is CCC(NS(=O)(=O)c1ccc(C#N)c(Cl)c1)c1ncc[nH]1. The lowest BCUT2D eigenvalue weighted by Crippen LogP contribution is -2.29. The molecule has 8 heteroatoms. The van der Waals surface area contributed by atoms with Crippen LogP contribution >= 0.6 is 11.6 Å². The number of rotatable bonds is 5. The molecule has 2 aromatic rings. The fraction of sp³-hybridized carbons (Fsp3) is 0.231. The zero-order valence-electron chi connectivity index (χ0n) is 11.2. The lowest BCUT2D eigenvalue weighted by molar-refractivity contribution is 0.539. The summed E-state index contributed by atoms with van der Waals surface area (Å²) in [6.45, 7) is 1.85. The standard InChI is InChI=1S/C13H13ClN4O2S/c1-2-12(13-16-5-6-17-13)18-21(19,20)10-4-3-9(8-15)11(14)7-10/h3-7,12,18H,2H2,1H3,(H,16,17). The molecule has 0 bridgehead atoms. The number of halogens is 1. The number of imidazole rings is 1. The molecule has 2 rings (SSSR count). The van der Waals surface area contributed by atoms with Crippen LogP contribution in [0.1, 0.15) is 30.8 Å². The maximum atomic E-state index is 12.4. The van der Waals surface area contributed by atoms with Gasteiger partial charge in [0.2, 0.25) is 10.0 Å². The van der Waals surface area contributed by atoms with Crippen molar-refractivity contribution in [3.05, 3.63) is 47.0 Å². The van der Waals surface area contributed by atoms with Crippen molar-refractivity contribution in [1.29, 1.82) is 5.26 Å². The third kappa shape index (κ3) is 3.42. The Morgan fingerprint density at radius 3 is 2.81 bits per heavy atom. The summed E-state index contributed by atoms with van der Waals surface area (Å²) in [6.07, 6.45) is 3.73. The van der Waals surface area contributed by atoms with Gasteiger partial charge >= 0.3 is 0 Å². The Bertz CT molecular complexity index is 766. The smallest absolute Gasteiger partial charge is 0.241 e. The second kappa shape index (κ2) is 6.26. The summed E-state index contributed by atoms with van der Waals surface area (Å²) in [5.41, 5.74) is 0.230. The number of aromatic amines is 1. The Kier molecular flexibility index (Phi) is 4.63. The highest BCUT2D eigenvalue weighted by atomic mass is 35.5. The van der Waals surface area contributed by atoms with E-state index in [0.29, 0.717) is 12.2 Å². The number of hydrogen-bond acceptors (Lipinski definition) is 4. The van der Waals surface area contributed by atoms with Gasteiger partial charge in [0.15, 0.2) is 0 Å². The van der Waals surface area contributed by atoms with Crippen LogP contribution in [0.5, 0.6) is 0 Å². The van der Waals surface area contributed by atoms with E-state index in [1.807, 2.05) is 13.0 Å². The first-order valence-electron chi connectivity index (χ1n) is 6.19. The van der Waals surface area contributed by atoms with Crippen molar-refractivity contribution >= 4 is 21.6 Å². The summed E-state index contributed by atoms with van der Waals surface area (Å²) >= 11 is 5.87. The number of benzene rings is 1. The van der Waals surface area contributed by atoms with Gasteiger partial charge in [-0.05, 0) is 24.6 Å². The molecule has 1 aromatic heterocycles. The van der Waals surface area contributed by atoms with E-state index in [4.69, 9.17) is 16.9 Å². The molecule has 2 N–H and O–H groups in total. The molecule has 0 aliphatic rings. The molecule has 0 radical (unpaired) electrons. The monoisotopic (exact) mass is 324 g/mol. The minimum absolute atomic E-state index is 0.0107. The largest absolute Gasteiger partial charge is 0.347 e. The van der Waals surface area contributed by atoms with Crippen LogP contribution in [0.4, 0.5) is 0 Å². The Balaban J connectivity index is 2.30. The Hall–Kier alpha value is -1.88. The first-order valence-corrected chi connectivity index (χ1v) is 8.05. The van der Waals surface area contributed by atoms with E-state index in [1.54, 1.807) is 12.4 Å². The van der Waals surface area contributed by atoms with Crippen molar-refractivity contribution in [2.45, 2.75) is 24.3 Å². The van der Waals surface area contributed by atoms with Crippen molar-refractivity contribution in [1.82, 2.24) is 14.7 Å². The number of H-pyrrole nitrogens is 1. The second-order valence-electron chi connectivity index (χ2n) is 4.31. The van der Waals surface area contributed by atoms with E-state index < -0.39 is 16.1 Å². The molecule has 0 fully saturated rings. The summed E-state index contributed by atoms with van der Waals surface area (Å²) in [6, 6.07) is 5.42. The van der Waals surface area contributed by atoms with Gasteiger partial charge in [0.1, 0.15) is 11.9 Å². The fourth-order valence-electron chi connectivity index (χ4n) is 1.81. The van der Waals surface area contributed by atoms with Crippen LogP contribution in [0, 0.1) is 11.3 Å². The minimum atomic E-state index is -3.75. The van der Waals surface area contributed by atoms with Crippen molar-refractivity contribution in [3.8, 4) is 6.07 Å². The van der Waals surface area contributed by atoms with Gasteiger partial charge < -0.3 is 4.98 Å². The van der Waals surface area contributed by atoms with Crippen LogP contribution in [0.2, 0.25) is 5.02 Å². The first kappa shape index (κ1) is 15.5. The van der Waals surface area contributed by atoms with Crippen molar-refractivity contribution in [3.63, 3.8) is 0 Å². The Morgan fingerprint density at radius 1 is 1.52 bits per heavy atom. The number of nitriles is 1. The van der Waals surface area contributed by atoms with Gasteiger partial charge in [0.25, 0.3) is 0 Å². The van der Waals surface area contributed by atoms with Crippen LogP contribution in [-0.4, -0.2) is 18.4 Å². The number of nitrogens with one attached hydrogen (secondary N) is 2. The van der Waals surface area contributed by atoms with Crippen LogP contribution in [0.15, 0.2) is 35.5 Å². The van der Waals surface area contributed by atoms with E-state index in [2.05, 4.69) is 14.7 Å². The first-order chi connectivity index (χ1) is 9.97. The van der Waals surface area contributed by atoms with E-state index in [1.165, 1.54) is 18.2 Å². The van der Waals surface area contributed by atoms with Crippen molar-refractivity contribution < 1.29 is 8.42 Å². The molecule has 1 heterocycles. The van der Waals surface area contributed by atoms with Crippen molar-refractivity contribution in [2.24, 2.45) is 0 Å². The molecule has 0 aliphatic carbocycles. The summed E-state index contributed by atoms with van der Waals surface area (Å²) in [7, 11) is -3.75. The predicted octanol–water partition coefficient (Wildman–Crippen LogP) is 2.36. The van der Waals surface area contributed by atoms with Gasteiger partial charge in [0.05, 0.1) is 21.5 Å². The van der Waals surface area contributed by atoms with Gasteiger partial charge in [0, 0.05) is 12.4 Å². The fourth-order valence-corrected chi connectivity index (χ4v) is 3.41. The topological polar surface area (TPSA) is 98.6 Å². The lowest BCUT2D eigenvalue weighted by atomic mass is 10.2. The molecule has 0 saturated carbocycles. The molecular weight excluding hydrogens is 312 g/mol. The molecule has 0 saturated heterocycles. The molecule has 110 valence electrons. The average Bonchev–Trinajstić information content (AvgIpc) is 2.98. The maximum absolute atomic E-state index is 12.4. The van der Waals surface area contributed by atoms with Crippen molar-refractivity contribution in [2.75, 3.05) is 0 Å². The third-order valence-electron chi connectivity index (χ3n) is 2.93. The van der Waals surface area contributed by atoms with Gasteiger partial charge in [-0.25, -0.2) is 18.1 Å². The molecule has 1 unspecified atom stereocenters. The van der Waals surface area contributed by atoms with Gasteiger partial charge in [-0.3, -0.25) is 0 Å². The number of sulfonamides is 1. The molecule has 1 aromatic carbocycles. The van der Waals surface area contributed by atoms with Crippen LogP contribution in [0.25, 0.3) is 0 Å². The highest BCUT2D eigenvalue weighted by Gasteiger charge is 2.22. The zero-order chi connectivity index (χ0) is 15.5. The molecule has 21 heavy (non-hydrogen) atoms. The van der Waals surface area contributed by atoms with Crippen LogP contribution in [0.3, 0.4) is 0 Å². The molecule has 6 nitrogen and oxygen atoms in total. The molecular formula is C13H13ClN4O2S. The lowest BCUT2D eigenvalue weighted by Gasteiger charge is -2.15. The van der Waals surface area contributed by atoms with E-state index >= 15 is 0 Å². The minimum Gasteiger partial charge on any atom is -0.347 e. The molecule has 0 amide bonds. The second-order valence-corrected chi connectivity index (χ2v) is 6.43. The summed E-state index contributed by atoms with van der Waals surface area (Å²) in [5, 5.41) is 8.91. The average molecular weight is 325 g/mol. The zero-order valence-corrected chi connectivity index (χ0v) is 12.7. The molecule has 0 spiro atoms. The number of aromatic nitrogens is 2. The molecule has 0 aliphatic heterocycles. The number of nitrogens with zero attached hydrogens (tertiary/aromatic N) is 2. The van der Waals surface area contributed by atoms with Crippen LogP contribution < -0.4 is 4.72 Å². The summed E-state index contributed by atoms with van der Waals surface area (Å²) in [5.74, 6) is 0.542.